The molecule has 11 heteroatoms. The van der Waals surface area contributed by atoms with E-state index in [9.17, 15) is 23.1 Å². The minimum atomic E-state index is -6.07. The van der Waals surface area contributed by atoms with Crippen molar-refractivity contribution in [3.63, 3.8) is 0 Å². The molecule has 0 unspecified atom stereocenters. The van der Waals surface area contributed by atoms with Crippen molar-refractivity contribution in [1.82, 2.24) is 4.98 Å². The van der Waals surface area contributed by atoms with Gasteiger partial charge in [-0.15, -0.1) is 0 Å². The average molecular weight is 468 g/mol. The van der Waals surface area contributed by atoms with E-state index in [0.29, 0.717) is 11.5 Å². The van der Waals surface area contributed by atoms with Gasteiger partial charge in [0.15, 0.2) is 0 Å². The fourth-order valence-electron chi connectivity index (χ4n) is 1.80. The van der Waals surface area contributed by atoms with Crippen LogP contribution in [0.2, 0.25) is 0 Å². The summed E-state index contributed by atoms with van der Waals surface area (Å²) in [6.07, 6.45) is 1.69. The summed E-state index contributed by atoms with van der Waals surface area (Å²) < 4.78 is 37.8. The number of nitrogens with zero attached hydrogens (tertiary/aromatic N) is 1. The Morgan fingerprint density at radius 1 is 1.16 bits per heavy atom. The topological polar surface area (TPSA) is 76.1 Å². The standard InChI is InChI=1S/C14H13BrF2NO3PS.2Na/c15-13-7-10(8-23-9-11-3-1-2-6-18-11)4-5-12(13)14(16,17)22(19,20)21;;/h1-7H,8-9H2,(H2,19,20,21);;/q;2*+1/p-2. The molecule has 0 spiro atoms. The van der Waals surface area contributed by atoms with Crippen LogP contribution in [-0.2, 0) is 21.7 Å². The van der Waals surface area contributed by atoms with E-state index in [0.717, 1.165) is 17.3 Å². The Balaban J connectivity index is 0.00000288. The third-order valence-corrected chi connectivity index (χ3v) is 5.57. The van der Waals surface area contributed by atoms with Gasteiger partial charge in [-0.05, 0) is 23.8 Å². The Bertz CT molecular complexity index is 737. The van der Waals surface area contributed by atoms with E-state index >= 15 is 0 Å². The molecule has 0 saturated heterocycles. The summed E-state index contributed by atoms with van der Waals surface area (Å²) in [7, 11) is -6.07. The van der Waals surface area contributed by atoms with Crippen molar-refractivity contribution in [3.05, 3.63) is 63.9 Å². The normalized spacial score (nSPS) is 11.4. The second-order valence-corrected chi connectivity index (χ2v) is 8.06. The number of rotatable bonds is 6. The minimum absolute atomic E-state index is 0. The van der Waals surface area contributed by atoms with Crippen molar-refractivity contribution in [2.24, 2.45) is 0 Å². The van der Waals surface area contributed by atoms with E-state index in [1.165, 1.54) is 23.9 Å². The monoisotopic (exact) mass is 467 g/mol. The number of aromatic nitrogens is 1. The van der Waals surface area contributed by atoms with Crippen LogP contribution in [0.4, 0.5) is 8.78 Å². The summed E-state index contributed by atoms with van der Waals surface area (Å²) >= 11 is 4.45. The molecule has 0 saturated carbocycles. The third kappa shape index (κ3) is 7.27. The predicted molar refractivity (Wildman–Crippen MR) is 84.9 cm³/mol. The molecule has 2 aromatic rings. The molecule has 1 aromatic heterocycles. The Morgan fingerprint density at radius 2 is 1.84 bits per heavy atom. The number of hydrogen-bond donors (Lipinski definition) is 0. The van der Waals surface area contributed by atoms with Gasteiger partial charge in [0, 0.05) is 35.3 Å². The SMILES string of the molecule is O=P([O-])([O-])C(F)(F)c1ccc(CSCc2ccccn2)cc1Br.[Na+].[Na+]. The second-order valence-electron chi connectivity index (χ2n) is 4.67. The van der Waals surface area contributed by atoms with Crippen molar-refractivity contribution in [2.45, 2.75) is 17.2 Å². The Labute approximate surface area is 201 Å². The van der Waals surface area contributed by atoms with Gasteiger partial charge in [-0.3, -0.25) is 4.98 Å². The second kappa shape index (κ2) is 11.3. The Morgan fingerprint density at radius 3 is 2.36 bits per heavy atom. The third-order valence-electron chi connectivity index (χ3n) is 2.95. The van der Waals surface area contributed by atoms with E-state index in [-0.39, 0.29) is 63.6 Å². The van der Waals surface area contributed by atoms with Crippen LogP contribution in [0.15, 0.2) is 47.1 Å². The van der Waals surface area contributed by atoms with E-state index in [4.69, 9.17) is 0 Å². The van der Waals surface area contributed by atoms with Gasteiger partial charge in [0.05, 0.1) is 5.69 Å². The zero-order chi connectivity index (χ0) is 17.1. The number of hydrogen-bond acceptors (Lipinski definition) is 5. The number of thioether (sulfide) groups is 1. The molecule has 1 aromatic carbocycles. The van der Waals surface area contributed by atoms with Crippen LogP contribution < -0.4 is 68.9 Å². The molecule has 0 atom stereocenters. The quantitative estimate of drug-likeness (QED) is 0.340. The van der Waals surface area contributed by atoms with Crippen LogP contribution in [0.5, 0.6) is 0 Å². The van der Waals surface area contributed by atoms with Crippen LogP contribution in [0.1, 0.15) is 16.8 Å². The van der Waals surface area contributed by atoms with Gasteiger partial charge in [0.1, 0.15) is 0 Å². The fourth-order valence-corrected chi connectivity index (χ4v) is 4.01. The smallest absolute Gasteiger partial charge is 0.806 e. The van der Waals surface area contributed by atoms with Gasteiger partial charge in [-0.25, -0.2) is 0 Å². The van der Waals surface area contributed by atoms with Crippen LogP contribution in [0, 0.1) is 0 Å². The maximum Gasteiger partial charge on any atom is 1.00 e. The molecule has 0 bridgehead atoms. The largest absolute Gasteiger partial charge is 1.00 e. The molecule has 0 radical (unpaired) electrons. The van der Waals surface area contributed by atoms with Crippen molar-refractivity contribution in [1.29, 1.82) is 0 Å². The van der Waals surface area contributed by atoms with Crippen molar-refractivity contribution in [3.8, 4) is 0 Å². The van der Waals surface area contributed by atoms with E-state index in [2.05, 4.69) is 20.9 Å². The molecule has 0 aliphatic carbocycles. The van der Waals surface area contributed by atoms with Crippen LogP contribution in [0.25, 0.3) is 0 Å². The molecule has 0 N–H and O–H groups in total. The number of benzene rings is 1. The summed E-state index contributed by atoms with van der Waals surface area (Å²) in [4.78, 5) is 25.6. The number of alkyl halides is 2. The first-order valence-electron chi connectivity index (χ1n) is 6.38. The summed E-state index contributed by atoms with van der Waals surface area (Å²) in [5.74, 6) is 1.19. The maximum absolute atomic E-state index is 13.6. The van der Waals surface area contributed by atoms with Gasteiger partial charge in [-0.1, -0.05) is 34.1 Å². The van der Waals surface area contributed by atoms with Gasteiger partial charge in [-0.2, -0.15) is 20.5 Å². The zero-order valence-corrected chi connectivity index (χ0v) is 20.9. The first kappa shape index (κ1) is 26.2. The van der Waals surface area contributed by atoms with Crippen molar-refractivity contribution < 1.29 is 82.2 Å². The van der Waals surface area contributed by atoms with Crippen molar-refractivity contribution in [2.75, 3.05) is 0 Å². The summed E-state index contributed by atoms with van der Waals surface area (Å²) in [5.41, 5.74) is -3.66. The van der Waals surface area contributed by atoms with Crippen LogP contribution in [-0.4, -0.2) is 4.98 Å². The molecule has 124 valence electrons. The van der Waals surface area contributed by atoms with Crippen LogP contribution >= 0.6 is 35.3 Å². The summed E-state index contributed by atoms with van der Waals surface area (Å²) in [5, 5.41) is 0. The zero-order valence-electron chi connectivity index (χ0n) is 13.6. The molecule has 25 heavy (non-hydrogen) atoms. The molecule has 4 nitrogen and oxygen atoms in total. The fraction of sp³-hybridized carbons (Fsp3) is 0.214. The number of halogens is 3. The maximum atomic E-state index is 13.6. The van der Waals surface area contributed by atoms with Gasteiger partial charge in [0.25, 0.3) is 5.66 Å². The molecular weight excluding hydrogens is 457 g/mol. The van der Waals surface area contributed by atoms with E-state index in [1.807, 2.05) is 18.2 Å². The van der Waals surface area contributed by atoms with E-state index in [1.54, 1.807) is 6.20 Å². The molecule has 2 rings (SSSR count). The molecule has 0 amide bonds. The molecule has 0 aliphatic heterocycles. The molecule has 0 aliphatic rings. The van der Waals surface area contributed by atoms with Gasteiger partial charge >= 0.3 is 59.1 Å². The number of pyridine rings is 1. The minimum Gasteiger partial charge on any atom is -0.806 e. The Hall–Kier alpha value is 1.21. The van der Waals surface area contributed by atoms with E-state index < -0.39 is 18.8 Å². The average Bonchev–Trinajstić information content (AvgIpc) is 2.47. The summed E-state index contributed by atoms with van der Waals surface area (Å²) in [6, 6.07) is 9.31. The molecule has 0 fully saturated rings. The first-order chi connectivity index (χ1) is 10.7. The van der Waals surface area contributed by atoms with Crippen LogP contribution in [0.3, 0.4) is 0 Å². The summed E-state index contributed by atoms with van der Waals surface area (Å²) in [6.45, 7) is 0. The van der Waals surface area contributed by atoms with Crippen molar-refractivity contribution >= 4 is 35.3 Å². The first-order valence-corrected chi connectivity index (χ1v) is 9.87. The molecule has 1 heterocycles. The Kier molecular flexibility index (Phi) is 11.8. The van der Waals surface area contributed by atoms with Gasteiger partial charge < -0.3 is 14.4 Å². The molecular formula is C14H11BrF2NNa2O3PS. The van der Waals surface area contributed by atoms with Gasteiger partial charge in [0.2, 0.25) is 0 Å². The predicted octanol–water partition coefficient (Wildman–Crippen LogP) is -2.75.